The Bertz CT molecular complexity index is 716. The average Bonchev–Trinajstić information content (AvgIpc) is 3.40. The molecule has 0 radical (unpaired) electrons. The first-order valence-corrected chi connectivity index (χ1v) is 11.4. The highest BCUT2D eigenvalue weighted by atomic mass is 32.2. The number of hydrogen-bond acceptors (Lipinski definition) is 5. The number of pyridine rings is 1. The van der Waals surface area contributed by atoms with Crippen LogP contribution in [0.3, 0.4) is 0 Å². The van der Waals surface area contributed by atoms with Gasteiger partial charge in [0.25, 0.3) is 0 Å². The highest BCUT2D eigenvalue weighted by Crippen LogP contribution is 2.47. The van der Waals surface area contributed by atoms with Crippen LogP contribution in [0, 0.1) is 5.41 Å². The molecule has 1 aromatic heterocycles. The van der Waals surface area contributed by atoms with Crippen LogP contribution in [0.2, 0.25) is 0 Å². The number of alkyl halides is 3. The van der Waals surface area contributed by atoms with Crippen LogP contribution in [-0.2, 0) is 6.18 Å². The molecule has 4 aliphatic rings. The van der Waals surface area contributed by atoms with Crippen molar-refractivity contribution in [2.24, 2.45) is 5.41 Å². The number of halogens is 3. The molecule has 3 heterocycles. The van der Waals surface area contributed by atoms with Crippen molar-refractivity contribution in [1.29, 1.82) is 0 Å². The summed E-state index contributed by atoms with van der Waals surface area (Å²) in [7, 11) is 0. The van der Waals surface area contributed by atoms with Crippen molar-refractivity contribution in [3.63, 3.8) is 0 Å². The lowest BCUT2D eigenvalue weighted by Gasteiger charge is -2.55. The van der Waals surface area contributed by atoms with Gasteiger partial charge in [-0.25, -0.2) is 9.29 Å². The van der Waals surface area contributed by atoms with Gasteiger partial charge in [-0.3, -0.25) is 0 Å². The molecule has 0 atom stereocenters. The lowest BCUT2D eigenvalue weighted by molar-refractivity contribution is -0.141. The molecule has 2 saturated heterocycles. The largest absolute Gasteiger partial charge is 0.433 e. The Labute approximate surface area is 174 Å². The van der Waals surface area contributed by atoms with Crippen LogP contribution in [0.15, 0.2) is 17.0 Å². The van der Waals surface area contributed by atoms with Crippen molar-refractivity contribution in [3.05, 3.63) is 23.5 Å². The van der Waals surface area contributed by atoms with E-state index < -0.39 is 11.9 Å². The highest BCUT2D eigenvalue weighted by molar-refractivity contribution is 7.97. The van der Waals surface area contributed by atoms with Crippen molar-refractivity contribution in [2.45, 2.75) is 74.5 Å². The van der Waals surface area contributed by atoms with E-state index in [0.717, 1.165) is 62.8 Å². The third kappa shape index (κ3) is 5.27. The normalized spacial score (nSPS) is 25.6. The summed E-state index contributed by atoms with van der Waals surface area (Å²) in [4.78, 5) is 4.80. The lowest BCUT2D eigenvalue weighted by atomic mass is 9.76. The second-order valence-corrected chi connectivity index (χ2v) is 10.5. The van der Waals surface area contributed by atoms with Crippen LogP contribution < -0.4 is 5.32 Å². The van der Waals surface area contributed by atoms with E-state index in [-0.39, 0.29) is 11.5 Å². The summed E-state index contributed by atoms with van der Waals surface area (Å²) in [5, 5.41) is 12.7. The zero-order chi connectivity index (χ0) is 20.7. The third-order valence-electron chi connectivity index (χ3n) is 6.32. The number of aliphatic hydroxyl groups is 1. The number of nitrogens with zero attached hydrogens (tertiary/aromatic N) is 2. The summed E-state index contributed by atoms with van der Waals surface area (Å²) in [5.41, 5.74) is -0.0239. The summed E-state index contributed by atoms with van der Waals surface area (Å²) in [5.74, 6) is 0.218. The second kappa shape index (κ2) is 8.02. The molecule has 2 aliphatic heterocycles. The fourth-order valence-electron chi connectivity index (χ4n) is 4.27. The molecule has 4 fully saturated rings. The van der Waals surface area contributed by atoms with Crippen LogP contribution in [0.5, 0.6) is 0 Å². The fourth-order valence-corrected chi connectivity index (χ4v) is 5.66. The zero-order valence-corrected chi connectivity index (χ0v) is 17.7. The van der Waals surface area contributed by atoms with Crippen LogP contribution in [0.25, 0.3) is 0 Å². The molecule has 5 rings (SSSR count). The standard InChI is InChI=1S/C14H16F3N3S.C7H14O/c15-14(16,17)11-4-3-10(12(19-11)9-1-2-9)21-20-7-13(8-20)5-18-6-13;1-7(8)5-3-2-4-6-7/h3-4,9,18H,1-2,5-8H2;8H,2-6H2,1H3. The van der Waals surface area contributed by atoms with Gasteiger partial charge in [0.15, 0.2) is 0 Å². The Kier molecular flexibility index (Phi) is 5.92. The van der Waals surface area contributed by atoms with Crippen LogP contribution >= 0.6 is 11.9 Å². The molecule has 29 heavy (non-hydrogen) atoms. The first-order chi connectivity index (χ1) is 13.7. The van der Waals surface area contributed by atoms with E-state index in [1.165, 1.54) is 19.3 Å². The Morgan fingerprint density at radius 3 is 2.24 bits per heavy atom. The van der Waals surface area contributed by atoms with E-state index in [4.69, 9.17) is 0 Å². The predicted octanol–water partition coefficient (Wildman–Crippen LogP) is 4.59. The highest BCUT2D eigenvalue weighted by Gasteiger charge is 2.48. The van der Waals surface area contributed by atoms with E-state index in [1.807, 2.05) is 6.92 Å². The van der Waals surface area contributed by atoms with Crippen LogP contribution in [0.1, 0.15) is 69.2 Å². The van der Waals surface area contributed by atoms with Gasteiger partial charge < -0.3 is 10.4 Å². The molecule has 1 aromatic rings. The van der Waals surface area contributed by atoms with E-state index in [1.54, 1.807) is 18.0 Å². The minimum absolute atomic E-state index is 0.218. The van der Waals surface area contributed by atoms with Gasteiger partial charge in [0, 0.05) is 42.4 Å². The van der Waals surface area contributed by atoms with Gasteiger partial charge in [0.05, 0.1) is 11.3 Å². The molecular weight excluding hydrogens is 399 g/mol. The van der Waals surface area contributed by atoms with Gasteiger partial charge in [-0.2, -0.15) is 13.2 Å². The number of hydrogen-bond donors (Lipinski definition) is 2. The summed E-state index contributed by atoms with van der Waals surface area (Å²) in [6.07, 6.45) is 3.31. The monoisotopic (exact) mass is 429 g/mol. The summed E-state index contributed by atoms with van der Waals surface area (Å²) in [6, 6.07) is 2.70. The molecular formula is C21H30F3N3OS. The Morgan fingerprint density at radius 1 is 1.14 bits per heavy atom. The molecule has 0 unspecified atom stereocenters. The van der Waals surface area contributed by atoms with Crippen LogP contribution in [-0.4, -0.2) is 46.2 Å². The summed E-state index contributed by atoms with van der Waals surface area (Å²) < 4.78 is 40.6. The summed E-state index contributed by atoms with van der Waals surface area (Å²) in [6.45, 7) is 6.08. The van der Waals surface area contributed by atoms with Gasteiger partial charge in [-0.1, -0.05) is 19.3 Å². The Balaban J connectivity index is 0.000000216. The predicted molar refractivity (Wildman–Crippen MR) is 108 cm³/mol. The third-order valence-corrected chi connectivity index (χ3v) is 7.38. The molecule has 0 amide bonds. The lowest BCUT2D eigenvalue weighted by Crippen LogP contribution is -2.69. The number of aromatic nitrogens is 1. The minimum atomic E-state index is -4.36. The van der Waals surface area contributed by atoms with E-state index in [2.05, 4.69) is 14.6 Å². The fraction of sp³-hybridized carbons (Fsp3) is 0.762. The maximum absolute atomic E-state index is 12.8. The Hall–Kier alpha value is -0.830. The maximum Gasteiger partial charge on any atom is 0.433 e. The first-order valence-electron chi connectivity index (χ1n) is 10.6. The molecule has 2 saturated carbocycles. The molecule has 0 aromatic carbocycles. The first kappa shape index (κ1) is 21.4. The van der Waals surface area contributed by atoms with Crippen molar-refractivity contribution in [1.82, 2.24) is 14.6 Å². The minimum Gasteiger partial charge on any atom is -0.390 e. The zero-order valence-electron chi connectivity index (χ0n) is 16.9. The molecule has 2 N–H and O–H groups in total. The van der Waals surface area contributed by atoms with E-state index in [9.17, 15) is 18.3 Å². The second-order valence-electron chi connectivity index (χ2n) is 9.40. The van der Waals surface area contributed by atoms with Gasteiger partial charge >= 0.3 is 6.18 Å². The number of nitrogens with one attached hydrogen (secondary N) is 1. The molecule has 1 spiro atoms. The van der Waals surface area contributed by atoms with Gasteiger partial charge in [0.2, 0.25) is 0 Å². The molecule has 0 bridgehead atoms. The molecule has 4 nitrogen and oxygen atoms in total. The van der Waals surface area contributed by atoms with Crippen LogP contribution in [0.4, 0.5) is 13.2 Å². The SMILES string of the molecule is CC1(O)CCCCC1.FC(F)(F)c1ccc(SN2CC3(CNC3)C2)c(C2CC2)n1. The van der Waals surface area contributed by atoms with E-state index in [0.29, 0.717) is 11.1 Å². The maximum atomic E-state index is 12.8. The number of rotatable bonds is 3. The summed E-state index contributed by atoms with van der Waals surface area (Å²) >= 11 is 1.57. The van der Waals surface area contributed by atoms with Gasteiger partial charge in [0.1, 0.15) is 5.69 Å². The average molecular weight is 430 g/mol. The van der Waals surface area contributed by atoms with Gasteiger partial charge in [-0.05, 0) is 56.7 Å². The van der Waals surface area contributed by atoms with Gasteiger partial charge in [-0.15, -0.1) is 0 Å². The van der Waals surface area contributed by atoms with Crippen molar-refractivity contribution in [2.75, 3.05) is 26.2 Å². The van der Waals surface area contributed by atoms with Crippen molar-refractivity contribution in [3.8, 4) is 0 Å². The van der Waals surface area contributed by atoms with Crippen molar-refractivity contribution >= 4 is 11.9 Å². The smallest absolute Gasteiger partial charge is 0.390 e. The topological polar surface area (TPSA) is 48.4 Å². The van der Waals surface area contributed by atoms with Crippen molar-refractivity contribution < 1.29 is 18.3 Å². The van der Waals surface area contributed by atoms with E-state index >= 15 is 0 Å². The molecule has 8 heteroatoms. The molecule has 2 aliphatic carbocycles. The Morgan fingerprint density at radius 2 is 1.79 bits per heavy atom. The quantitative estimate of drug-likeness (QED) is 0.688. The molecule has 162 valence electrons.